The van der Waals surface area contributed by atoms with E-state index < -0.39 is 11.7 Å². The van der Waals surface area contributed by atoms with Crippen LogP contribution in [0, 0.1) is 5.82 Å². The van der Waals surface area contributed by atoms with Crippen molar-refractivity contribution in [3.8, 4) is 11.3 Å². The molecule has 0 saturated carbocycles. The Morgan fingerprint density at radius 2 is 1.77 bits per heavy atom. The summed E-state index contributed by atoms with van der Waals surface area (Å²) < 4.78 is 13.7. The molecule has 0 N–H and O–H groups in total. The molecule has 2 aromatic carbocycles. The van der Waals surface area contributed by atoms with Crippen molar-refractivity contribution in [2.45, 2.75) is 0 Å². The standard InChI is InChI=1S/C17H13FN2OS/c1-20(16(21)13-9-5-6-10-14(13)18)17-19-15(11-22-17)12-7-3-2-4-8-12/h2-11H,1H3. The van der Waals surface area contributed by atoms with Gasteiger partial charge in [-0.1, -0.05) is 42.5 Å². The van der Waals surface area contributed by atoms with E-state index in [0.29, 0.717) is 5.13 Å². The minimum Gasteiger partial charge on any atom is -0.287 e. The molecule has 0 aliphatic rings. The van der Waals surface area contributed by atoms with Gasteiger partial charge in [-0.05, 0) is 12.1 Å². The zero-order valence-corrected chi connectivity index (χ0v) is 12.7. The lowest BCUT2D eigenvalue weighted by molar-refractivity contribution is 0.0989. The van der Waals surface area contributed by atoms with E-state index in [1.807, 2.05) is 35.7 Å². The topological polar surface area (TPSA) is 33.2 Å². The largest absolute Gasteiger partial charge is 0.287 e. The van der Waals surface area contributed by atoms with Gasteiger partial charge < -0.3 is 0 Å². The normalized spacial score (nSPS) is 10.5. The third-order valence-corrected chi connectivity index (χ3v) is 4.17. The summed E-state index contributed by atoms with van der Waals surface area (Å²) in [4.78, 5) is 18.2. The van der Waals surface area contributed by atoms with Crippen LogP contribution < -0.4 is 4.90 Å². The monoisotopic (exact) mass is 312 g/mol. The van der Waals surface area contributed by atoms with Gasteiger partial charge in [-0.15, -0.1) is 11.3 Å². The number of aromatic nitrogens is 1. The molecule has 0 bridgehead atoms. The molecule has 0 radical (unpaired) electrons. The highest BCUT2D eigenvalue weighted by molar-refractivity contribution is 7.14. The van der Waals surface area contributed by atoms with Crippen molar-refractivity contribution >= 4 is 22.4 Å². The zero-order valence-electron chi connectivity index (χ0n) is 11.9. The van der Waals surface area contributed by atoms with E-state index in [0.717, 1.165) is 11.3 Å². The third-order valence-electron chi connectivity index (χ3n) is 3.26. The van der Waals surface area contributed by atoms with E-state index in [4.69, 9.17) is 0 Å². The van der Waals surface area contributed by atoms with Crippen molar-refractivity contribution in [1.82, 2.24) is 4.98 Å². The van der Waals surface area contributed by atoms with Crippen molar-refractivity contribution in [1.29, 1.82) is 0 Å². The molecule has 0 unspecified atom stereocenters. The van der Waals surface area contributed by atoms with Crippen LogP contribution in [0.1, 0.15) is 10.4 Å². The maximum atomic E-state index is 13.7. The maximum Gasteiger partial charge on any atom is 0.262 e. The second kappa shape index (κ2) is 6.07. The highest BCUT2D eigenvalue weighted by Gasteiger charge is 2.19. The Bertz CT molecular complexity index is 801. The van der Waals surface area contributed by atoms with Gasteiger partial charge in [-0.2, -0.15) is 0 Å². The van der Waals surface area contributed by atoms with Crippen LogP contribution in [0.4, 0.5) is 9.52 Å². The minimum atomic E-state index is -0.529. The van der Waals surface area contributed by atoms with Crippen LogP contribution in [0.25, 0.3) is 11.3 Å². The van der Waals surface area contributed by atoms with Crippen LogP contribution in [0.2, 0.25) is 0 Å². The molecule has 110 valence electrons. The summed E-state index contributed by atoms with van der Waals surface area (Å²) in [5, 5.41) is 2.42. The van der Waals surface area contributed by atoms with E-state index in [-0.39, 0.29) is 5.56 Å². The number of carbonyl (C=O) groups is 1. The van der Waals surface area contributed by atoms with Crippen LogP contribution in [-0.4, -0.2) is 17.9 Å². The summed E-state index contributed by atoms with van der Waals surface area (Å²) in [6.07, 6.45) is 0. The molecule has 1 heterocycles. The summed E-state index contributed by atoms with van der Waals surface area (Å²) in [6.45, 7) is 0. The van der Waals surface area contributed by atoms with Gasteiger partial charge in [0.15, 0.2) is 5.13 Å². The highest BCUT2D eigenvalue weighted by Crippen LogP contribution is 2.27. The molecule has 0 fully saturated rings. The SMILES string of the molecule is CN(C(=O)c1ccccc1F)c1nc(-c2ccccc2)cs1. The molecule has 5 heteroatoms. The Kier molecular flexibility index (Phi) is 3.98. The molecular weight excluding hydrogens is 299 g/mol. The molecule has 3 nitrogen and oxygen atoms in total. The Labute approximate surface area is 131 Å². The molecule has 3 rings (SSSR count). The smallest absolute Gasteiger partial charge is 0.262 e. The molecule has 3 aromatic rings. The predicted octanol–water partition coefficient (Wildman–Crippen LogP) is 4.23. The van der Waals surface area contributed by atoms with Crippen molar-refractivity contribution in [2.75, 3.05) is 11.9 Å². The lowest BCUT2D eigenvalue weighted by Crippen LogP contribution is -2.26. The van der Waals surface area contributed by atoms with Gasteiger partial charge in [-0.3, -0.25) is 9.69 Å². The second-order valence-electron chi connectivity index (χ2n) is 4.73. The van der Waals surface area contributed by atoms with Crippen molar-refractivity contribution < 1.29 is 9.18 Å². The number of amides is 1. The van der Waals surface area contributed by atoms with Crippen LogP contribution >= 0.6 is 11.3 Å². The van der Waals surface area contributed by atoms with Gasteiger partial charge in [0.05, 0.1) is 11.3 Å². The van der Waals surface area contributed by atoms with E-state index in [1.54, 1.807) is 19.2 Å². The summed E-state index contributed by atoms with van der Waals surface area (Å²) >= 11 is 1.35. The summed E-state index contributed by atoms with van der Waals surface area (Å²) in [7, 11) is 1.60. The van der Waals surface area contributed by atoms with E-state index >= 15 is 0 Å². The quantitative estimate of drug-likeness (QED) is 0.725. The predicted molar refractivity (Wildman–Crippen MR) is 86.7 cm³/mol. The van der Waals surface area contributed by atoms with Gasteiger partial charge in [0, 0.05) is 18.0 Å². The maximum absolute atomic E-state index is 13.7. The molecule has 1 aromatic heterocycles. The number of halogens is 1. The fourth-order valence-electron chi connectivity index (χ4n) is 2.06. The Balaban J connectivity index is 1.87. The molecule has 0 aliphatic carbocycles. The molecule has 0 spiro atoms. The number of hydrogen-bond donors (Lipinski definition) is 0. The first-order valence-corrected chi connectivity index (χ1v) is 7.58. The van der Waals surface area contributed by atoms with Crippen LogP contribution in [0.3, 0.4) is 0 Å². The van der Waals surface area contributed by atoms with Gasteiger partial charge in [-0.25, -0.2) is 9.37 Å². The van der Waals surface area contributed by atoms with E-state index in [2.05, 4.69) is 4.98 Å². The van der Waals surface area contributed by atoms with Gasteiger partial charge in [0.1, 0.15) is 5.82 Å². The number of thiazole rings is 1. The van der Waals surface area contributed by atoms with Crippen LogP contribution in [0.15, 0.2) is 60.0 Å². The first kappa shape index (κ1) is 14.4. The Hall–Kier alpha value is -2.53. The molecule has 0 aliphatic heterocycles. The summed E-state index contributed by atoms with van der Waals surface area (Å²) in [5.41, 5.74) is 1.83. The van der Waals surface area contributed by atoms with Gasteiger partial charge >= 0.3 is 0 Å². The fourth-order valence-corrected chi connectivity index (χ4v) is 2.86. The average molecular weight is 312 g/mol. The fraction of sp³-hybridized carbons (Fsp3) is 0.0588. The zero-order chi connectivity index (χ0) is 15.5. The number of hydrogen-bond acceptors (Lipinski definition) is 3. The average Bonchev–Trinajstić information content (AvgIpc) is 3.05. The highest BCUT2D eigenvalue weighted by atomic mass is 32.1. The first-order chi connectivity index (χ1) is 10.7. The number of nitrogens with zero attached hydrogens (tertiary/aromatic N) is 2. The number of anilines is 1. The third kappa shape index (κ3) is 2.76. The summed E-state index contributed by atoms with van der Waals surface area (Å²) in [6, 6.07) is 15.7. The minimum absolute atomic E-state index is 0.0430. The Morgan fingerprint density at radius 1 is 1.09 bits per heavy atom. The lowest BCUT2D eigenvalue weighted by Gasteiger charge is -2.14. The molecular formula is C17H13FN2OS. The summed E-state index contributed by atoms with van der Waals surface area (Å²) in [5.74, 6) is -0.939. The molecule has 22 heavy (non-hydrogen) atoms. The van der Waals surface area contributed by atoms with Gasteiger partial charge in [0.25, 0.3) is 5.91 Å². The van der Waals surface area contributed by atoms with Crippen LogP contribution in [-0.2, 0) is 0 Å². The number of carbonyl (C=O) groups excluding carboxylic acids is 1. The Morgan fingerprint density at radius 3 is 2.50 bits per heavy atom. The molecule has 0 saturated heterocycles. The van der Waals surface area contributed by atoms with Crippen LogP contribution in [0.5, 0.6) is 0 Å². The second-order valence-corrected chi connectivity index (χ2v) is 5.56. The van der Waals surface area contributed by atoms with Crippen molar-refractivity contribution in [3.05, 3.63) is 71.4 Å². The van der Waals surface area contributed by atoms with E-state index in [9.17, 15) is 9.18 Å². The molecule has 0 atom stereocenters. The van der Waals surface area contributed by atoms with Crippen molar-refractivity contribution in [3.63, 3.8) is 0 Å². The number of rotatable bonds is 3. The lowest BCUT2D eigenvalue weighted by atomic mass is 10.2. The first-order valence-electron chi connectivity index (χ1n) is 6.70. The van der Waals surface area contributed by atoms with E-state index in [1.165, 1.54) is 28.4 Å². The van der Waals surface area contributed by atoms with Gasteiger partial charge in [0.2, 0.25) is 0 Å². The molecule has 1 amide bonds. The number of benzene rings is 2. The van der Waals surface area contributed by atoms with Crippen molar-refractivity contribution in [2.24, 2.45) is 0 Å².